The molecule has 4 amide bonds. The monoisotopic (exact) mass is 727 g/mol. The number of nitrogens with zero attached hydrogens (tertiary/aromatic N) is 3. The number of rotatable bonds is 13. The summed E-state index contributed by atoms with van der Waals surface area (Å²) in [7, 11) is -0.829. The predicted molar refractivity (Wildman–Crippen MR) is 189 cm³/mol. The third-order valence-corrected chi connectivity index (χ3v) is 11.7. The number of likely N-dealkylation sites (N-methyl/N-ethyl adjacent to an activating group) is 1. The lowest BCUT2D eigenvalue weighted by atomic mass is 9.96. The number of benzene rings is 1. The van der Waals surface area contributed by atoms with Gasteiger partial charge in [0.1, 0.15) is 35.1 Å². The number of fused-ring (bicyclic) bond motifs is 1. The second-order valence-electron chi connectivity index (χ2n) is 14.8. The molecule has 3 aliphatic rings. The zero-order chi connectivity index (χ0) is 37.5. The van der Waals surface area contributed by atoms with Crippen LogP contribution >= 0.6 is 0 Å². The maximum Gasteiger partial charge on any atom is 0.410 e. The highest BCUT2D eigenvalue weighted by molar-refractivity contribution is 7.91. The van der Waals surface area contributed by atoms with Gasteiger partial charge in [-0.25, -0.2) is 18.2 Å². The summed E-state index contributed by atoms with van der Waals surface area (Å²) in [5, 5.41) is 3.67. The smallest absolute Gasteiger partial charge is 0.410 e. The Hall–Kier alpha value is -4.40. The van der Waals surface area contributed by atoms with Crippen molar-refractivity contribution in [2.75, 3.05) is 20.7 Å². The first-order chi connectivity index (χ1) is 23.9. The number of pyridine rings is 1. The summed E-state index contributed by atoms with van der Waals surface area (Å²) in [6.07, 6.45) is 3.34. The van der Waals surface area contributed by atoms with Crippen molar-refractivity contribution in [3.63, 3.8) is 0 Å². The average molecular weight is 728 g/mol. The number of carbonyl (C=O) groups is 4. The lowest BCUT2D eigenvalue weighted by Gasteiger charge is -2.36. The van der Waals surface area contributed by atoms with Crippen LogP contribution in [0.15, 0.2) is 43.1 Å². The van der Waals surface area contributed by atoms with Crippen molar-refractivity contribution in [3.05, 3.63) is 43.1 Å². The maximum absolute atomic E-state index is 14.6. The van der Waals surface area contributed by atoms with Crippen molar-refractivity contribution < 1.29 is 41.8 Å². The molecule has 0 bridgehead atoms. The molecule has 1 aromatic heterocycles. The normalized spacial score (nSPS) is 24.2. The van der Waals surface area contributed by atoms with Crippen LogP contribution in [0.1, 0.15) is 66.7 Å². The van der Waals surface area contributed by atoms with Crippen molar-refractivity contribution in [3.8, 4) is 11.6 Å². The van der Waals surface area contributed by atoms with Gasteiger partial charge in [0.05, 0.1) is 18.9 Å². The first-order valence-corrected chi connectivity index (χ1v) is 18.9. The van der Waals surface area contributed by atoms with E-state index in [1.54, 1.807) is 40.1 Å². The predicted octanol–water partition coefficient (Wildman–Crippen LogP) is 3.54. The van der Waals surface area contributed by atoms with Gasteiger partial charge in [-0.15, -0.1) is 6.58 Å². The molecule has 3 fully saturated rings. The molecule has 6 atom stereocenters. The quantitative estimate of drug-likeness (QED) is 0.291. The van der Waals surface area contributed by atoms with Crippen molar-refractivity contribution in [2.45, 2.75) is 101 Å². The minimum atomic E-state index is -3.89. The molecule has 15 heteroatoms. The van der Waals surface area contributed by atoms with Gasteiger partial charge in [-0.05, 0) is 75.6 Å². The fourth-order valence-electron chi connectivity index (χ4n) is 6.53. The second-order valence-corrected chi connectivity index (χ2v) is 16.8. The van der Waals surface area contributed by atoms with Crippen molar-refractivity contribution in [1.29, 1.82) is 0 Å². The van der Waals surface area contributed by atoms with Crippen LogP contribution < -0.4 is 19.5 Å². The fraction of sp³-hybridized carbons (Fsp3) is 0.583. The summed E-state index contributed by atoms with van der Waals surface area (Å²) in [6, 6.07) is 5.12. The highest BCUT2D eigenvalue weighted by Gasteiger charge is 2.62. The van der Waals surface area contributed by atoms with Gasteiger partial charge in [0.2, 0.25) is 27.7 Å². The van der Waals surface area contributed by atoms with Crippen molar-refractivity contribution in [2.24, 2.45) is 11.8 Å². The number of aromatic nitrogens is 1. The number of hydrogen-bond acceptors (Lipinski definition) is 10. The largest absolute Gasteiger partial charge is 0.497 e. The second kappa shape index (κ2) is 14.3. The highest BCUT2D eigenvalue weighted by Crippen LogP contribution is 2.45. The zero-order valence-electron chi connectivity index (χ0n) is 30.3. The van der Waals surface area contributed by atoms with Crippen LogP contribution in [0.3, 0.4) is 0 Å². The SMILES string of the molecule is C=C[C@@H]1C[C@]1(NC(=O)[C@@H]1C[C@@H](Oc2nccc3cc(OC)ccc23)CN1C(=O)C([C@@H](C)CC)N(C)C(=O)OC(C)(C)C)C(=O)NS(=O)(=O)C1CC1. The van der Waals surface area contributed by atoms with Crippen molar-refractivity contribution in [1.82, 2.24) is 24.8 Å². The Balaban J connectivity index is 1.46. The summed E-state index contributed by atoms with van der Waals surface area (Å²) < 4.78 is 44.9. The Morgan fingerprint density at radius 1 is 1.20 bits per heavy atom. The Kier molecular flexibility index (Phi) is 10.6. The standard InChI is InChI=1S/C36H49N5O9S/c1-9-21(3)29(40(7)34(45)50-35(4,5)6)32(43)41-20-25(49-31-27-14-11-24(48-8)17-22(27)15-16-37-31)18-28(41)30(42)38-36(19-23(36)10-2)33(44)39-51(46,47)26-12-13-26/h10-11,14-17,21,23,25-26,28-29H,2,9,12-13,18-20H2,1,3-8H3,(H,38,42)(H,39,44)/t21-,23+,25+,28-,29?,36+/m0/s1. The van der Waals surface area contributed by atoms with Crippen LogP contribution in [0.5, 0.6) is 11.6 Å². The van der Waals surface area contributed by atoms with Crippen LogP contribution in [0.25, 0.3) is 10.8 Å². The van der Waals surface area contributed by atoms with E-state index in [1.807, 2.05) is 32.0 Å². The molecule has 2 N–H and O–H groups in total. The number of sulfonamides is 1. The van der Waals surface area contributed by atoms with Gasteiger partial charge >= 0.3 is 6.09 Å². The third-order valence-electron chi connectivity index (χ3n) is 9.85. The van der Waals surface area contributed by atoms with Crippen LogP contribution in [0.4, 0.5) is 4.79 Å². The molecular weight excluding hydrogens is 678 g/mol. The van der Waals surface area contributed by atoms with E-state index in [0.29, 0.717) is 36.3 Å². The lowest BCUT2D eigenvalue weighted by molar-refractivity contribution is -0.144. The summed E-state index contributed by atoms with van der Waals surface area (Å²) in [5.74, 6) is -1.88. The summed E-state index contributed by atoms with van der Waals surface area (Å²) in [4.78, 5) is 62.7. The number of hydrogen-bond donors (Lipinski definition) is 2. The average Bonchev–Trinajstić information content (AvgIpc) is 4.00. The number of likely N-dealkylation sites (tertiary alicyclic amines) is 1. The Bertz CT molecular complexity index is 1810. The first kappa shape index (κ1) is 37.8. The van der Waals surface area contributed by atoms with E-state index in [1.165, 1.54) is 22.9 Å². The van der Waals surface area contributed by atoms with Crippen LogP contribution in [0, 0.1) is 11.8 Å². The molecule has 278 valence electrons. The molecule has 51 heavy (non-hydrogen) atoms. The van der Waals surface area contributed by atoms with E-state index in [4.69, 9.17) is 14.2 Å². The molecule has 0 radical (unpaired) electrons. The van der Waals surface area contributed by atoms with E-state index in [0.717, 1.165) is 5.39 Å². The van der Waals surface area contributed by atoms with Gasteiger partial charge in [-0.2, -0.15) is 0 Å². The third kappa shape index (κ3) is 8.08. The number of ether oxygens (including phenoxy) is 3. The van der Waals surface area contributed by atoms with E-state index in [2.05, 4.69) is 21.6 Å². The van der Waals surface area contributed by atoms with Crippen LogP contribution in [-0.2, 0) is 29.1 Å². The molecule has 2 saturated carbocycles. The van der Waals surface area contributed by atoms with Crippen LogP contribution in [-0.4, -0.2) is 102 Å². The van der Waals surface area contributed by atoms with Crippen LogP contribution in [0.2, 0.25) is 0 Å². The molecule has 1 unspecified atom stereocenters. The molecule has 14 nitrogen and oxygen atoms in total. The fourth-order valence-corrected chi connectivity index (χ4v) is 7.90. The topological polar surface area (TPSA) is 174 Å². The van der Waals surface area contributed by atoms with Gasteiger partial charge in [-0.3, -0.25) is 24.0 Å². The maximum atomic E-state index is 14.6. The molecule has 1 aliphatic heterocycles. The minimum absolute atomic E-state index is 0.0274. The Morgan fingerprint density at radius 2 is 1.90 bits per heavy atom. The Labute approximate surface area is 299 Å². The van der Waals surface area contributed by atoms with Crippen molar-refractivity contribution >= 4 is 44.6 Å². The van der Waals surface area contributed by atoms with E-state index in [9.17, 15) is 27.6 Å². The van der Waals surface area contributed by atoms with Gasteiger partial charge in [0.25, 0.3) is 5.91 Å². The van der Waals surface area contributed by atoms with Gasteiger partial charge < -0.3 is 24.4 Å². The molecule has 2 aliphatic carbocycles. The molecule has 1 saturated heterocycles. The van der Waals surface area contributed by atoms with Gasteiger partial charge in [-0.1, -0.05) is 26.3 Å². The Morgan fingerprint density at radius 3 is 2.49 bits per heavy atom. The molecule has 5 rings (SSSR count). The van der Waals surface area contributed by atoms with Gasteiger partial charge in [0, 0.05) is 31.0 Å². The number of nitrogens with one attached hydrogen (secondary N) is 2. The molecule has 0 spiro atoms. The molecule has 2 aromatic rings. The number of carbonyl (C=O) groups excluding carboxylic acids is 4. The van der Waals surface area contributed by atoms with Gasteiger partial charge in [0.15, 0.2) is 0 Å². The first-order valence-electron chi connectivity index (χ1n) is 17.3. The van der Waals surface area contributed by atoms with E-state index >= 15 is 0 Å². The summed E-state index contributed by atoms with van der Waals surface area (Å²) in [6.45, 7) is 12.7. The lowest BCUT2D eigenvalue weighted by Crippen LogP contribution is -2.59. The summed E-state index contributed by atoms with van der Waals surface area (Å²) >= 11 is 0. The summed E-state index contributed by atoms with van der Waals surface area (Å²) in [5.41, 5.74) is -2.36. The van der Waals surface area contributed by atoms with E-state index < -0.39 is 74.3 Å². The number of methoxy groups -OCH3 is 1. The molecule has 1 aromatic carbocycles. The molecule has 2 heterocycles. The zero-order valence-corrected chi connectivity index (χ0v) is 31.1. The molecular formula is C36H49N5O9S. The minimum Gasteiger partial charge on any atom is -0.497 e. The van der Waals surface area contributed by atoms with E-state index in [-0.39, 0.29) is 25.3 Å². The number of amides is 4. The highest BCUT2D eigenvalue weighted by atomic mass is 32.2.